The van der Waals surface area contributed by atoms with E-state index in [1.165, 1.54) is 12.1 Å². The average molecular weight is 314 g/mol. The van der Waals surface area contributed by atoms with Gasteiger partial charge in [-0.2, -0.15) is 0 Å². The van der Waals surface area contributed by atoms with Crippen LogP contribution in [0.2, 0.25) is 0 Å². The smallest absolute Gasteiger partial charge is 0.324 e. The van der Waals surface area contributed by atoms with Gasteiger partial charge in [-0.25, -0.2) is 0 Å². The summed E-state index contributed by atoms with van der Waals surface area (Å²) in [6.45, 7) is 4.22. The van der Waals surface area contributed by atoms with Crippen molar-refractivity contribution < 1.29 is 19.6 Å². The predicted octanol–water partition coefficient (Wildman–Crippen LogP) is 2.52. The van der Waals surface area contributed by atoms with Gasteiger partial charge >= 0.3 is 11.0 Å². The maximum Gasteiger partial charge on any atom is 0.324 e. The molecule has 0 saturated heterocycles. The fraction of sp³-hybridized carbons (Fsp3) is 0.538. The highest BCUT2D eigenvalue weighted by atomic mass is 32.1. The predicted molar refractivity (Wildman–Crippen MR) is 78.5 cm³/mol. The standard InChI is InChI=1S/C13H18N2O5S/c1-8(2)5-9(6-12(16)17)7-14-13(18)10-3-4-11(21-10)15(19)20/h3-4,8-9H,5-7H2,1-2H3,(H,14,18)(H,16,17)/t9-/m0/s1. The van der Waals surface area contributed by atoms with E-state index in [0.717, 1.165) is 11.3 Å². The maximum atomic E-state index is 11.9. The van der Waals surface area contributed by atoms with Crippen molar-refractivity contribution in [3.8, 4) is 0 Å². The molecule has 1 aromatic heterocycles. The van der Waals surface area contributed by atoms with Crippen LogP contribution in [0.3, 0.4) is 0 Å². The monoisotopic (exact) mass is 314 g/mol. The Bertz CT molecular complexity index is 526. The fourth-order valence-electron chi connectivity index (χ4n) is 2.02. The SMILES string of the molecule is CC(C)C[C@H](CNC(=O)c1ccc([N+](=O)[O-])s1)CC(=O)O. The lowest BCUT2D eigenvalue weighted by molar-refractivity contribution is -0.380. The second kappa shape index (κ2) is 7.72. The Balaban J connectivity index is 2.59. The lowest BCUT2D eigenvalue weighted by Gasteiger charge is -2.17. The molecule has 0 aliphatic rings. The average Bonchev–Trinajstić information content (AvgIpc) is 2.83. The van der Waals surface area contributed by atoms with Crippen LogP contribution in [-0.2, 0) is 4.79 Å². The Morgan fingerprint density at radius 2 is 2.10 bits per heavy atom. The van der Waals surface area contributed by atoms with E-state index in [4.69, 9.17) is 5.11 Å². The molecule has 1 rings (SSSR count). The summed E-state index contributed by atoms with van der Waals surface area (Å²) in [5.41, 5.74) is 0. The number of hydrogen-bond acceptors (Lipinski definition) is 5. The number of rotatable bonds is 8. The van der Waals surface area contributed by atoms with Crippen LogP contribution in [0.5, 0.6) is 0 Å². The molecule has 0 fully saturated rings. The molecule has 0 aliphatic heterocycles. The maximum absolute atomic E-state index is 11.9. The molecule has 1 atom stereocenters. The molecule has 116 valence electrons. The van der Waals surface area contributed by atoms with Crippen LogP contribution < -0.4 is 5.32 Å². The van der Waals surface area contributed by atoms with Gasteiger partial charge in [0.05, 0.1) is 9.80 Å². The van der Waals surface area contributed by atoms with Crippen LogP contribution in [0.1, 0.15) is 36.4 Å². The van der Waals surface area contributed by atoms with Crippen molar-refractivity contribution in [1.82, 2.24) is 5.32 Å². The number of nitrogens with zero attached hydrogens (tertiary/aromatic N) is 1. The summed E-state index contributed by atoms with van der Waals surface area (Å²) < 4.78 is 0. The van der Waals surface area contributed by atoms with Crippen molar-refractivity contribution in [2.75, 3.05) is 6.54 Å². The van der Waals surface area contributed by atoms with Gasteiger partial charge in [-0.3, -0.25) is 19.7 Å². The van der Waals surface area contributed by atoms with Crippen molar-refractivity contribution in [3.05, 3.63) is 27.1 Å². The summed E-state index contributed by atoms with van der Waals surface area (Å²) >= 11 is 0.801. The number of nitrogens with one attached hydrogen (secondary N) is 1. The number of carbonyl (C=O) groups is 2. The largest absolute Gasteiger partial charge is 0.481 e. The number of thiophene rings is 1. The van der Waals surface area contributed by atoms with E-state index in [1.807, 2.05) is 13.8 Å². The minimum atomic E-state index is -0.901. The highest BCUT2D eigenvalue weighted by molar-refractivity contribution is 7.17. The molecular formula is C13H18N2O5S. The molecule has 0 bridgehead atoms. The summed E-state index contributed by atoms with van der Waals surface area (Å²) in [6, 6.07) is 2.68. The van der Waals surface area contributed by atoms with Gasteiger partial charge in [-0.05, 0) is 24.3 Å². The van der Waals surface area contributed by atoms with Gasteiger partial charge in [0.2, 0.25) is 0 Å². The first-order valence-corrected chi connectivity index (χ1v) is 7.35. The molecule has 1 heterocycles. The van der Waals surface area contributed by atoms with Crippen LogP contribution in [0.15, 0.2) is 12.1 Å². The summed E-state index contributed by atoms with van der Waals surface area (Å²) in [5, 5.41) is 22.0. The second-order valence-corrected chi connectivity index (χ2v) is 6.26. The van der Waals surface area contributed by atoms with Crippen LogP contribution in [0.4, 0.5) is 5.00 Å². The number of amides is 1. The van der Waals surface area contributed by atoms with Gasteiger partial charge in [-0.1, -0.05) is 25.2 Å². The van der Waals surface area contributed by atoms with Crippen molar-refractivity contribution in [3.63, 3.8) is 0 Å². The van der Waals surface area contributed by atoms with E-state index in [2.05, 4.69) is 5.32 Å². The van der Waals surface area contributed by atoms with Gasteiger partial charge < -0.3 is 10.4 Å². The minimum Gasteiger partial charge on any atom is -0.481 e. The highest BCUT2D eigenvalue weighted by Crippen LogP contribution is 2.24. The van der Waals surface area contributed by atoms with Crippen LogP contribution in [0.25, 0.3) is 0 Å². The highest BCUT2D eigenvalue weighted by Gasteiger charge is 2.19. The fourth-order valence-corrected chi connectivity index (χ4v) is 2.76. The number of carboxylic acid groups (broad SMARTS) is 1. The molecule has 0 aromatic carbocycles. The summed E-state index contributed by atoms with van der Waals surface area (Å²) in [6.07, 6.45) is 0.681. The topological polar surface area (TPSA) is 110 Å². The van der Waals surface area contributed by atoms with E-state index in [0.29, 0.717) is 12.3 Å². The first-order valence-electron chi connectivity index (χ1n) is 6.53. The number of carboxylic acids is 1. The van der Waals surface area contributed by atoms with Crippen molar-refractivity contribution in [2.45, 2.75) is 26.7 Å². The quantitative estimate of drug-likeness (QED) is 0.566. The first-order chi connectivity index (χ1) is 9.79. The van der Waals surface area contributed by atoms with Gasteiger partial charge in [-0.15, -0.1) is 0 Å². The Kier molecular flexibility index (Phi) is 6.29. The lowest BCUT2D eigenvalue weighted by Crippen LogP contribution is -2.30. The van der Waals surface area contributed by atoms with Gasteiger partial charge in [0.1, 0.15) is 0 Å². The summed E-state index contributed by atoms with van der Waals surface area (Å²) in [4.78, 5) is 33.0. The Labute approximate surface area is 126 Å². The first kappa shape index (κ1) is 17.1. The molecule has 7 nitrogen and oxygen atoms in total. The molecule has 0 saturated carbocycles. The third-order valence-corrected chi connectivity index (χ3v) is 3.85. The molecular weight excluding hydrogens is 296 g/mol. The molecule has 2 N–H and O–H groups in total. The van der Waals surface area contributed by atoms with E-state index in [9.17, 15) is 19.7 Å². The van der Waals surface area contributed by atoms with Gasteiger partial charge in [0.25, 0.3) is 5.91 Å². The molecule has 1 aromatic rings. The molecule has 21 heavy (non-hydrogen) atoms. The molecule has 0 aliphatic carbocycles. The third kappa shape index (κ3) is 5.90. The third-order valence-electron chi connectivity index (χ3n) is 2.81. The number of hydrogen-bond donors (Lipinski definition) is 2. The van der Waals surface area contributed by atoms with E-state index in [-0.39, 0.29) is 28.8 Å². The summed E-state index contributed by atoms with van der Waals surface area (Å²) in [7, 11) is 0. The number of nitro groups is 1. The molecule has 8 heteroatoms. The zero-order valence-electron chi connectivity index (χ0n) is 11.9. The Hall–Kier alpha value is -1.96. The van der Waals surface area contributed by atoms with E-state index < -0.39 is 16.8 Å². The van der Waals surface area contributed by atoms with Gasteiger partial charge in [0, 0.05) is 19.0 Å². The normalized spacial score (nSPS) is 12.1. The van der Waals surface area contributed by atoms with Crippen molar-refractivity contribution >= 4 is 28.2 Å². The number of aliphatic carboxylic acids is 1. The van der Waals surface area contributed by atoms with Crippen molar-refractivity contribution in [1.29, 1.82) is 0 Å². The van der Waals surface area contributed by atoms with E-state index in [1.54, 1.807) is 0 Å². The minimum absolute atomic E-state index is 0.0109. The van der Waals surface area contributed by atoms with Crippen molar-refractivity contribution in [2.24, 2.45) is 11.8 Å². The molecule has 0 spiro atoms. The second-order valence-electron chi connectivity index (χ2n) is 5.20. The zero-order chi connectivity index (χ0) is 16.0. The van der Waals surface area contributed by atoms with E-state index >= 15 is 0 Å². The molecule has 0 unspecified atom stereocenters. The lowest BCUT2D eigenvalue weighted by atomic mass is 9.94. The van der Waals surface area contributed by atoms with Crippen LogP contribution >= 0.6 is 11.3 Å². The molecule has 0 radical (unpaired) electrons. The zero-order valence-corrected chi connectivity index (χ0v) is 12.7. The van der Waals surface area contributed by atoms with Crippen LogP contribution in [-0.4, -0.2) is 28.5 Å². The van der Waals surface area contributed by atoms with Crippen LogP contribution in [0, 0.1) is 22.0 Å². The summed E-state index contributed by atoms with van der Waals surface area (Å²) in [5.74, 6) is -1.13. The number of carbonyl (C=O) groups excluding carboxylic acids is 1. The Morgan fingerprint density at radius 1 is 1.43 bits per heavy atom. The van der Waals surface area contributed by atoms with Gasteiger partial charge in [0.15, 0.2) is 0 Å². The Morgan fingerprint density at radius 3 is 2.57 bits per heavy atom. The molecule has 1 amide bonds.